The Labute approximate surface area is 220 Å². The van der Waals surface area contributed by atoms with E-state index in [2.05, 4.69) is 23.3 Å². The van der Waals surface area contributed by atoms with Crippen molar-refractivity contribution in [1.29, 1.82) is 0 Å². The van der Waals surface area contributed by atoms with Gasteiger partial charge in [-0.3, -0.25) is 9.59 Å². The van der Waals surface area contributed by atoms with Crippen molar-refractivity contribution in [2.24, 2.45) is 0 Å². The first-order valence-corrected chi connectivity index (χ1v) is 13.7. The van der Waals surface area contributed by atoms with Crippen LogP contribution in [-0.4, -0.2) is 61.5 Å². The summed E-state index contributed by atoms with van der Waals surface area (Å²) in [6.07, 6.45) is 0.221. The first kappa shape index (κ1) is 26.6. The minimum atomic E-state index is -3.97. The Morgan fingerprint density at radius 2 is 1.73 bits per heavy atom. The number of hydrogen-bond donors (Lipinski definition) is 3. The van der Waals surface area contributed by atoms with Gasteiger partial charge in [-0.25, -0.2) is 13.2 Å². The Kier molecular flexibility index (Phi) is 8.16. The highest BCUT2D eigenvalue weighted by Crippen LogP contribution is 2.30. The third-order valence-corrected chi connectivity index (χ3v) is 8.21. The molecule has 0 radical (unpaired) electrons. The molecule has 0 spiro atoms. The van der Waals surface area contributed by atoms with Crippen LogP contribution in [0.25, 0.3) is 10.8 Å². The molecule has 1 aliphatic rings. The summed E-state index contributed by atoms with van der Waals surface area (Å²) in [5, 5.41) is 6.52. The predicted octanol–water partition coefficient (Wildman–Crippen LogP) is 2.83. The first-order valence-electron chi connectivity index (χ1n) is 11.7. The minimum Gasteiger partial charge on any atom is -0.462 e. The number of esters is 1. The van der Waals surface area contributed by atoms with Gasteiger partial charge in [0.1, 0.15) is 6.04 Å². The van der Waals surface area contributed by atoms with Gasteiger partial charge in [-0.15, -0.1) is 0 Å². The molecule has 3 aromatic rings. The summed E-state index contributed by atoms with van der Waals surface area (Å²) in [5.74, 6) is -1.54. The second-order valence-corrected chi connectivity index (χ2v) is 11.2. The molecule has 1 heterocycles. The molecule has 2 amide bonds. The Morgan fingerprint density at radius 1 is 1.03 bits per heavy atom. The molecule has 9 nitrogen and oxygen atoms in total. The zero-order valence-electron chi connectivity index (χ0n) is 20.1. The van der Waals surface area contributed by atoms with Gasteiger partial charge in [-0.2, -0.15) is 16.9 Å². The number of amides is 2. The highest BCUT2D eigenvalue weighted by atomic mass is 32.2. The summed E-state index contributed by atoms with van der Waals surface area (Å²) in [6.45, 7) is 1.69. The Bertz CT molecular complexity index is 1430. The van der Waals surface area contributed by atoms with Crippen molar-refractivity contribution in [1.82, 2.24) is 9.62 Å². The molecule has 2 unspecified atom stereocenters. The number of sulfonamides is 1. The number of benzene rings is 3. The lowest BCUT2D eigenvalue weighted by molar-refractivity contribution is -0.126. The molecule has 194 valence electrons. The van der Waals surface area contributed by atoms with Gasteiger partial charge in [-0.05, 0) is 60.5 Å². The van der Waals surface area contributed by atoms with Gasteiger partial charge in [0, 0.05) is 17.5 Å². The molecule has 0 aromatic heterocycles. The summed E-state index contributed by atoms with van der Waals surface area (Å²) in [7, 11) is -3.97. The fraction of sp³-hybridized carbons (Fsp3) is 0.269. The van der Waals surface area contributed by atoms with Crippen LogP contribution in [0.4, 0.5) is 5.69 Å². The van der Waals surface area contributed by atoms with Crippen molar-refractivity contribution in [2.45, 2.75) is 29.5 Å². The van der Waals surface area contributed by atoms with Crippen molar-refractivity contribution in [2.75, 3.05) is 25.0 Å². The average molecular weight is 542 g/mol. The second-order valence-electron chi connectivity index (χ2n) is 8.55. The van der Waals surface area contributed by atoms with Crippen LogP contribution in [0.15, 0.2) is 71.6 Å². The number of carbonyl (C=O) groups is 3. The molecule has 3 aromatic carbocycles. The minimum absolute atomic E-state index is 0.0787. The van der Waals surface area contributed by atoms with E-state index < -0.39 is 33.8 Å². The molecule has 1 saturated heterocycles. The number of nitrogens with one attached hydrogen (secondary N) is 2. The maximum atomic E-state index is 13.4. The van der Waals surface area contributed by atoms with E-state index in [0.29, 0.717) is 11.3 Å². The van der Waals surface area contributed by atoms with Crippen LogP contribution in [0.2, 0.25) is 0 Å². The monoisotopic (exact) mass is 541 g/mol. The van der Waals surface area contributed by atoms with Gasteiger partial charge >= 0.3 is 5.97 Å². The predicted molar refractivity (Wildman–Crippen MR) is 143 cm³/mol. The topological polar surface area (TPSA) is 122 Å². The smallest absolute Gasteiger partial charge is 0.338 e. The van der Waals surface area contributed by atoms with E-state index in [1.165, 1.54) is 18.2 Å². The summed E-state index contributed by atoms with van der Waals surface area (Å²) in [6, 6.07) is 17.4. The van der Waals surface area contributed by atoms with Crippen molar-refractivity contribution in [3.8, 4) is 0 Å². The molecule has 0 saturated carbocycles. The molecule has 2 atom stereocenters. The number of hydrogen-bond acceptors (Lipinski definition) is 7. The molecule has 11 heteroatoms. The zero-order chi connectivity index (χ0) is 26.6. The molecule has 2 N–H and O–H groups in total. The number of carbonyl (C=O) groups excluding carboxylic acids is 3. The van der Waals surface area contributed by atoms with Gasteiger partial charge in [0.25, 0.3) is 0 Å². The normalized spacial score (nSPS) is 17.9. The van der Waals surface area contributed by atoms with Crippen LogP contribution >= 0.6 is 12.6 Å². The molecule has 1 aliphatic heterocycles. The zero-order valence-corrected chi connectivity index (χ0v) is 21.8. The highest BCUT2D eigenvalue weighted by Gasteiger charge is 2.43. The van der Waals surface area contributed by atoms with E-state index in [0.717, 1.165) is 15.1 Å². The second kappa shape index (κ2) is 11.3. The SMILES string of the molecule is CCOC(=O)c1ccc(NC(=O)CNC(=O)C2CC(S)CN2S(=O)(=O)c2ccc3ccccc3c2)cc1. The van der Waals surface area contributed by atoms with Crippen LogP contribution in [0.5, 0.6) is 0 Å². The number of nitrogens with zero attached hydrogens (tertiary/aromatic N) is 1. The van der Waals surface area contributed by atoms with Gasteiger partial charge in [0.05, 0.1) is 23.6 Å². The number of thiol groups is 1. The van der Waals surface area contributed by atoms with Gasteiger partial charge in [0.2, 0.25) is 21.8 Å². The lowest BCUT2D eigenvalue weighted by Crippen LogP contribution is -2.47. The third kappa shape index (κ3) is 6.12. The molecule has 4 rings (SSSR count). The fourth-order valence-corrected chi connectivity index (χ4v) is 6.31. The van der Waals surface area contributed by atoms with Gasteiger partial charge in [-0.1, -0.05) is 30.3 Å². The molecule has 0 bridgehead atoms. The van der Waals surface area contributed by atoms with Crippen LogP contribution < -0.4 is 10.6 Å². The van der Waals surface area contributed by atoms with E-state index in [1.54, 1.807) is 31.2 Å². The average Bonchev–Trinajstić information content (AvgIpc) is 3.30. The number of rotatable bonds is 8. The van der Waals surface area contributed by atoms with Crippen LogP contribution in [0.3, 0.4) is 0 Å². The molecule has 1 fully saturated rings. The maximum Gasteiger partial charge on any atom is 0.338 e. The molecule has 0 aliphatic carbocycles. The maximum absolute atomic E-state index is 13.4. The first-order chi connectivity index (χ1) is 17.7. The Morgan fingerprint density at radius 3 is 2.43 bits per heavy atom. The summed E-state index contributed by atoms with van der Waals surface area (Å²) in [5.41, 5.74) is 0.785. The van der Waals surface area contributed by atoms with Crippen LogP contribution in [0.1, 0.15) is 23.7 Å². The number of fused-ring (bicyclic) bond motifs is 1. The summed E-state index contributed by atoms with van der Waals surface area (Å²) < 4.78 is 32.9. The van der Waals surface area contributed by atoms with Gasteiger partial charge < -0.3 is 15.4 Å². The van der Waals surface area contributed by atoms with E-state index in [9.17, 15) is 22.8 Å². The Balaban J connectivity index is 1.40. The van der Waals surface area contributed by atoms with Crippen molar-refractivity contribution < 1.29 is 27.5 Å². The van der Waals surface area contributed by atoms with Crippen molar-refractivity contribution >= 4 is 56.9 Å². The van der Waals surface area contributed by atoms with Crippen molar-refractivity contribution in [3.05, 3.63) is 72.3 Å². The van der Waals surface area contributed by atoms with Crippen molar-refractivity contribution in [3.63, 3.8) is 0 Å². The van der Waals surface area contributed by atoms with Gasteiger partial charge in [0.15, 0.2) is 0 Å². The van der Waals surface area contributed by atoms with Crippen LogP contribution in [-0.2, 0) is 24.3 Å². The van der Waals surface area contributed by atoms with E-state index in [1.807, 2.05) is 24.3 Å². The fourth-order valence-electron chi connectivity index (χ4n) is 4.15. The van der Waals surface area contributed by atoms with E-state index in [4.69, 9.17) is 4.74 Å². The summed E-state index contributed by atoms with van der Waals surface area (Å²) in [4.78, 5) is 37.2. The molecular weight excluding hydrogens is 514 g/mol. The Hall–Kier alpha value is -3.41. The lowest BCUT2D eigenvalue weighted by atomic mass is 10.1. The van der Waals surface area contributed by atoms with Crippen LogP contribution in [0, 0.1) is 0 Å². The quantitative estimate of drug-likeness (QED) is 0.298. The van der Waals surface area contributed by atoms with E-state index in [-0.39, 0.29) is 36.3 Å². The molecule has 37 heavy (non-hydrogen) atoms. The largest absolute Gasteiger partial charge is 0.462 e. The third-order valence-electron chi connectivity index (χ3n) is 5.97. The lowest BCUT2D eigenvalue weighted by Gasteiger charge is -2.23. The summed E-state index contributed by atoms with van der Waals surface area (Å²) >= 11 is 4.42. The number of anilines is 1. The molecular formula is C26H27N3O6S2. The highest BCUT2D eigenvalue weighted by molar-refractivity contribution is 7.89. The standard InChI is InChI=1S/C26H27N3O6S2/c1-2-35-26(32)18-7-10-20(11-8-18)28-24(30)15-27-25(31)23-14-21(36)16-29(23)37(33,34)22-12-9-17-5-3-4-6-19(17)13-22/h3-13,21,23,36H,2,14-16H2,1H3,(H,27,31)(H,28,30). The number of ether oxygens (including phenoxy) is 1. The van der Waals surface area contributed by atoms with E-state index >= 15 is 0 Å².